The molecule has 1 aliphatic rings. The van der Waals surface area contributed by atoms with Crippen molar-refractivity contribution in [3.05, 3.63) is 35.4 Å². The van der Waals surface area contributed by atoms with Crippen molar-refractivity contribution in [3.63, 3.8) is 0 Å². The molecule has 1 fully saturated rings. The highest BCUT2D eigenvalue weighted by molar-refractivity contribution is 5.96. The van der Waals surface area contributed by atoms with Crippen molar-refractivity contribution in [2.45, 2.75) is 6.42 Å². The Balaban J connectivity index is 2.09. The Morgan fingerprint density at radius 2 is 2.12 bits per heavy atom. The summed E-state index contributed by atoms with van der Waals surface area (Å²) in [5.41, 5.74) is 7.29. The molecule has 0 aromatic heterocycles. The molecule has 0 aliphatic carbocycles. The molecule has 92 valence electrons. The van der Waals surface area contributed by atoms with Gasteiger partial charge in [0.25, 0.3) is 5.91 Å². The zero-order valence-corrected chi connectivity index (χ0v) is 9.80. The van der Waals surface area contributed by atoms with E-state index in [-0.39, 0.29) is 18.4 Å². The minimum atomic E-state index is 0.0544. The number of nitrogens with two attached hydrogens (primary N) is 1. The third-order valence-electron chi connectivity index (χ3n) is 3.16. The van der Waals surface area contributed by atoms with Crippen LogP contribution in [0, 0.1) is 5.92 Å². The van der Waals surface area contributed by atoms with E-state index in [2.05, 4.69) is 0 Å². The molecule has 0 unspecified atom stereocenters. The van der Waals surface area contributed by atoms with Crippen LogP contribution in [0.25, 0.3) is 0 Å². The maximum Gasteiger partial charge on any atom is 0.254 e. The Kier molecular flexibility index (Phi) is 3.76. The van der Waals surface area contributed by atoms with Crippen LogP contribution in [0.15, 0.2) is 24.3 Å². The lowest BCUT2D eigenvalue weighted by Gasteiger charge is -2.38. The van der Waals surface area contributed by atoms with E-state index in [1.54, 1.807) is 4.90 Å². The lowest BCUT2D eigenvalue weighted by atomic mass is 9.97. The predicted octanol–water partition coefficient (Wildman–Crippen LogP) is 0.252. The average Bonchev–Trinajstić information content (AvgIpc) is 2.28. The van der Waals surface area contributed by atoms with Crippen LogP contribution in [0.3, 0.4) is 0 Å². The number of hydrogen-bond acceptors (Lipinski definition) is 3. The molecule has 0 spiro atoms. The molecule has 4 heteroatoms. The largest absolute Gasteiger partial charge is 0.396 e. The summed E-state index contributed by atoms with van der Waals surface area (Å²) in [4.78, 5) is 14.0. The Labute approximate surface area is 101 Å². The van der Waals surface area contributed by atoms with Gasteiger partial charge in [0, 0.05) is 31.2 Å². The van der Waals surface area contributed by atoms with Crippen LogP contribution in [0.4, 0.5) is 0 Å². The van der Waals surface area contributed by atoms with Crippen LogP contribution in [-0.4, -0.2) is 42.2 Å². The molecule has 0 saturated carbocycles. The van der Waals surface area contributed by atoms with Crippen molar-refractivity contribution in [3.8, 4) is 0 Å². The van der Waals surface area contributed by atoms with Gasteiger partial charge in [0.05, 0.1) is 0 Å². The normalized spacial score (nSPS) is 15.8. The first-order chi connectivity index (χ1) is 8.26. The first kappa shape index (κ1) is 12.1. The molecule has 0 atom stereocenters. The van der Waals surface area contributed by atoms with E-state index in [1.165, 1.54) is 0 Å². The first-order valence-corrected chi connectivity index (χ1v) is 5.94. The van der Waals surface area contributed by atoms with Crippen LogP contribution in [0.2, 0.25) is 0 Å². The van der Waals surface area contributed by atoms with Crippen molar-refractivity contribution >= 4 is 5.91 Å². The van der Waals surface area contributed by atoms with Crippen LogP contribution in [0.1, 0.15) is 15.9 Å². The quantitative estimate of drug-likeness (QED) is 0.785. The van der Waals surface area contributed by atoms with Gasteiger partial charge in [-0.25, -0.2) is 0 Å². The van der Waals surface area contributed by atoms with Gasteiger partial charge in [-0.1, -0.05) is 18.2 Å². The first-order valence-electron chi connectivity index (χ1n) is 5.94. The van der Waals surface area contributed by atoms with Gasteiger partial charge in [-0.3, -0.25) is 4.79 Å². The molecule has 1 aromatic carbocycles. The maximum atomic E-state index is 12.2. The summed E-state index contributed by atoms with van der Waals surface area (Å²) in [6, 6.07) is 7.59. The number of amides is 1. The Bertz CT molecular complexity index is 400. The van der Waals surface area contributed by atoms with Gasteiger partial charge < -0.3 is 15.7 Å². The van der Waals surface area contributed by atoms with Gasteiger partial charge in [-0.2, -0.15) is 0 Å². The number of likely N-dealkylation sites (tertiary alicyclic amines) is 1. The minimum Gasteiger partial charge on any atom is -0.396 e. The lowest BCUT2D eigenvalue weighted by Crippen LogP contribution is -2.51. The monoisotopic (exact) mass is 234 g/mol. The molecule has 0 bridgehead atoms. The summed E-state index contributed by atoms with van der Waals surface area (Å²) in [6.45, 7) is 2.02. The van der Waals surface area contributed by atoms with Crippen molar-refractivity contribution in [1.82, 2.24) is 4.90 Å². The van der Waals surface area contributed by atoms with Crippen LogP contribution >= 0.6 is 0 Å². The molecule has 1 heterocycles. The zero-order valence-electron chi connectivity index (χ0n) is 9.80. The second kappa shape index (κ2) is 5.29. The molecule has 1 amide bonds. The van der Waals surface area contributed by atoms with E-state index in [0.29, 0.717) is 19.6 Å². The molecule has 1 aliphatic heterocycles. The van der Waals surface area contributed by atoms with Crippen LogP contribution in [-0.2, 0) is 6.42 Å². The lowest BCUT2D eigenvalue weighted by molar-refractivity contribution is 0.0361. The summed E-state index contributed by atoms with van der Waals surface area (Å²) < 4.78 is 0. The Morgan fingerprint density at radius 1 is 1.41 bits per heavy atom. The van der Waals surface area contributed by atoms with E-state index < -0.39 is 0 Å². The molecule has 2 rings (SSSR count). The van der Waals surface area contributed by atoms with E-state index >= 15 is 0 Å². The third-order valence-corrected chi connectivity index (χ3v) is 3.16. The van der Waals surface area contributed by atoms with Crippen molar-refractivity contribution in [2.24, 2.45) is 11.7 Å². The number of carbonyl (C=O) groups excluding carboxylic acids is 1. The number of benzene rings is 1. The van der Waals surface area contributed by atoms with Crippen LogP contribution < -0.4 is 5.73 Å². The number of hydrogen-bond donors (Lipinski definition) is 2. The smallest absolute Gasteiger partial charge is 0.254 e. The van der Waals surface area contributed by atoms with E-state index in [1.807, 2.05) is 24.3 Å². The topological polar surface area (TPSA) is 66.6 Å². The van der Waals surface area contributed by atoms with Crippen molar-refractivity contribution in [2.75, 3.05) is 26.2 Å². The van der Waals surface area contributed by atoms with E-state index in [9.17, 15) is 4.79 Å². The second-order valence-electron chi connectivity index (χ2n) is 4.45. The Hall–Kier alpha value is -1.39. The fraction of sp³-hybridized carbons (Fsp3) is 0.462. The summed E-state index contributed by atoms with van der Waals surface area (Å²) in [5, 5.41) is 8.94. The summed E-state index contributed by atoms with van der Waals surface area (Å²) in [6.07, 6.45) is 0.721. The fourth-order valence-corrected chi connectivity index (χ4v) is 2.12. The molecular formula is C13H18N2O2. The highest BCUT2D eigenvalue weighted by Gasteiger charge is 2.31. The molecular weight excluding hydrogens is 216 g/mol. The van der Waals surface area contributed by atoms with Crippen molar-refractivity contribution < 1.29 is 9.90 Å². The van der Waals surface area contributed by atoms with Crippen LogP contribution in [0.5, 0.6) is 0 Å². The number of aliphatic hydroxyl groups excluding tert-OH is 1. The second-order valence-corrected chi connectivity index (χ2v) is 4.45. The minimum absolute atomic E-state index is 0.0544. The van der Waals surface area contributed by atoms with Gasteiger partial charge in [0.1, 0.15) is 0 Å². The van der Waals surface area contributed by atoms with Gasteiger partial charge in [-0.05, 0) is 24.6 Å². The fourth-order valence-electron chi connectivity index (χ4n) is 2.12. The summed E-state index contributed by atoms with van der Waals surface area (Å²) >= 11 is 0. The molecule has 1 saturated heterocycles. The molecule has 4 nitrogen and oxygen atoms in total. The summed E-state index contributed by atoms with van der Waals surface area (Å²) in [7, 11) is 0. The molecule has 0 radical (unpaired) electrons. The third kappa shape index (κ3) is 2.48. The highest BCUT2D eigenvalue weighted by Crippen LogP contribution is 2.20. The van der Waals surface area contributed by atoms with Gasteiger partial charge >= 0.3 is 0 Å². The SMILES string of the molecule is NCCc1ccccc1C(=O)N1CC(CO)C1. The highest BCUT2D eigenvalue weighted by atomic mass is 16.3. The number of aliphatic hydroxyl groups is 1. The Morgan fingerprint density at radius 3 is 2.76 bits per heavy atom. The van der Waals surface area contributed by atoms with E-state index in [4.69, 9.17) is 10.8 Å². The van der Waals surface area contributed by atoms with Gasteiger partial charge in [0.2, 0.25) is 0 Å². The molecule has 17 heavy (non-hydrogen) atoms. The number of nitrogens with zero attached hydrogens (tertiary/aromatic N) is 1. The standard InChI is InChI=1S/C13H18N2O2/c14-6-5-11-3-1-2-4-12(11)13(17)15-7-10(8-15)9-16/h1-4,10,16H,5-9,14H2. The van der Waals surface area contributed by atoms with Gasteiger partial charge in [-0.15, -0.1) is 0 Å². The van der Waals surface area contributed by atoms with E-state index in [0.717, 1.165) is 17.5 Å². The zero-order chi connectivity index (χ0) is 12.3. The maximum absolute atomic E-state index is 12.2. The molecule has 3 N–H and O–H groups in total. The average molecular weight is 234 g/mol. The van der Waals surface area contributed by atoms with Gasteiger partial charge in [0.15, 0.2) is 0 Å². The number of carbonyl (C=O) groups is 1. The summed E-state index contributed by atoms with van der Waals surface area (Å²) in [5.74, 6) is 0.305. The molecule has 1 aromatic rings. The predicted molar refractivity (Wildman–Crippen MR) is 65.7 cm³/mol. The number of rotatable bonds is 4. The van der Waals surface area contributed by atoms with Crippen molar-refractivity contribution in [1.29, 1.82) is 0 Å².